The van der Waals surface area contributed by atoms with Gasteiger partial charge in [-0.1, -0.05) is 48.8 Å². The van der Waals surface area contributed by atoms with Gasteiger partial charge in [-0.25, -0.2) is 15.8 Å². The number of nitrogens with two attached hydrogens (primary N) is 1. The normalized spacial score (nSPS) is 10.9. The molecular formula is C13H14Cl2N4S. The van der Waals surface area contributed by atoms with E-state index in [9.17, 15) is 0 Å². The minimum absolute atomic E-state index is 0.243. The number of hydrogen-bond acceptors (Lipinski definition) is 5. The molecule has 2 rings (SSSR count). The van der Waals surface area contributed by atoms with Gasteiger partial charge in [0.2, 0.25) is 0 Å². The van der Waals surface area contributed by atoms with Crippen LogP contribution >= 0.6 is 35.0 Å². The summed E-state index contributed by atoms with van der Waals surface area (Å²) in [7, 11) is 0. The maximum absolute atomic E-state index is 6.03. The number of nitrogens with one attached hydrogen (secondary N) is 1. The van der Waals surface area contributed by atoms with Crippen molar-refractivity contribution in [3.63, 3.8) is 0 Å². The molecule has 1 aromatic heterocycles. The van der Waals surface area contributed by atoms with Crippen LogP contribution in [-0.2, 0) is 0 Å². The Morgan fingerprint density at radius 1 is 1.20 bits per heavy atom. The van der Waals surface area contributed by atoms with E-state index < -0.39 is 0 Å². The first-order valence-electron chi connectivity index (χ1n) is 5.97. The lowest BCUT2D eigenvalue weighted by atomic mass is 10.1. The van der Waals surface area contributed by atoms with Crippen molar-refractivity contribution in [1.29, 1.82) is 0 Å². The Kier molecular flexibility index (Phi) is 5.10. The van der Waals surface area contributed by atoms with Crippen LogP contribution in [-0.4, -0.2) is 9.97 Å². The summed E-state index contributed by atoms with van der Waals surface area (Å²) in [5, 5.41) is 1.91. The molecule has 0 aliphatic rings. The molecule has 0 aliphatic heterocycles. The van der Waals surface area contributed by atoms with Gasteiger partial charge in [0.1, 0.15) is 17.2 Å². The minimum atomic E-state index is 0.243. The molecule has 106 valence electrons. The van der Waals surface area contributed by atoms with E-state index in [1.54, 1.807) is 6.07 Å². The summed E-state index contributed by atoms with van der Waals surface area (Å²) in [6.45, 7) is 4.14. The van der Waals surface area contributed by atoms with Gasteiger partial charge in [-0.05, 0) is 24.1 Å². The zero-order valence-electron chi connectivity index (χ0n) is 11.0. The van der Waals surface area contributed by atoms with Crippen LogP contribution in [0.3, 0.4) is 0 Å². The fraction of sp³-hybridized carbons (Fsp3) is 0.231. The summed E-state index contributed by atoms with van der Waals surface area (Å²) in [6, 6.07) is 5.49. The van der Waals surface area contributed by atoms with Crippen molar-refractivity contribution in [2.75, 3.05) is 5.43 Å². The second kappa shape index (κ2) is 6.63. The maximum Gasteiger partial charge on any atom is 0.147 e. The molecule has 1 aromatic carbocycles. The van der Waals surface area contributed by atoms with Gasteiger partial charge in [-0.2, -0.15) is 0 Å². The minimum Gasteiger partial charge on any atom is -0.308 e. The zero-order chi connectivity index (χ0) is 14.7. The standard InChI is InChI=1S/C13H14Cl2N4S/c1-7(2)11-12(19-16)17-6-18-13(11)20-8-3-4-9(14)10(15)5-8/h3-7H,16H2,1-2H3,(H,17,18,19). The molecule has 0 fully saturated rings. The fourth-order valence-corrected chi connectivity index (χ4v) is 3.19. The van der Waals surface area contributed by atoms with Crippen molar-refractivity contribution >= 4 is 40.8 Å². The molecule has 3 N–H and O–H groups in total. The zero-order valence-corrected chi connectivity index (χ0v) is 13.4. The van der Waals surface area contributed by atoms with E-state index in [4.69, 9.17) is 29.0 Å². The maximum atomic E-state index is 6.03. The smallest absolute Gasteiger partial charge is 0.147 e. The molecule has 7 heteroatoms. The molecule has 20 heavy (non-hydrogen) atoms. The van der Waals surface area contributed by atoms with Gasteiger partial charge in [0.25, 0.3) is 0 Å². The SMILES string of the molecule is CC(C)c1c(NN)ncnc1Sc1ccc(Cl)c(Cl)c1. The van der Waals surface area contributed by atoms with Crippen LogP contribution in [0.1, 0.15) is 25.3 Å². The Morgan fingerprint density at radius 3 is 2.55 bits per heavy atom. The number of benzene rings is 1. The number of rotatable bonds is 4. The second-order valence-corrected chi connectivity index (χ2v) is 6.29. The van der Waals surface area contributed by atoms with Crippen LogP contribution in [0.2, 0.25) is 10.0 Å². The van der Waals surface area contributed by atoms with Crippen molar-refractivity contribution in [3.05, 3.63) is 40.1 Å². The molecule has 0 saturated carbocycles. The van der Waals surface area contributed by atoms with E-state index in [-0.39, 0.29) is 5.92 Å². The summed E-state index contributed by atoms with van der Waals surface area (Å²) in [6.07, 6.45) is 1.49. The average Bonchev–Trinajstić information content (AvgIpc) is 2.42. The van der Waals surface area contributed by atoms with Crippen LogP contribution in [0.25, 0.3) is 0 Å². The monoisotopic (exact) mass is 328 g/mol. The van der Waals surface area contributed by atoms with Crippen molar-refractivity contribution in [3.8, 4) is 0 Å². The molecule has 1 heterocycles. The van der Waals surface area contributed by atoms with Gasteiger partial charge in [0, 0.05) is 10.5 Å². The quantitative estimate of drug-likeness (QED) is 0.496. The van der Waals surface area contributed by atoms with Crippen molar-refractivity contribution in [1.82, 2.24) is 9.97 Å². The molecular weight excluding hydrogens is 315 g/mol. The lowest BCUT2D eigenvalue weighted by Gasteiger charge is -2.14. The van der Waals surface area contributed by atoms with E-state index in [1.165, 1.54) is 18.1 Å². The van der Waals surface area contributed by atoms with Gasteiger partial charge in [-0.3, -0.25) is 0 Å². The largest absolute Gasteiger partial charge is 0.308 e. The van der Waals surface area contributed by atoms with Gasteiger partial charge < -0.3 is 5.43 Å². The summed E-state index contributed by atoms with van der Waals surface area (Å²) in [5.74, 6) is 6.39. The fourth-order valence-electron chi connectivity index (χ4n) is 1.75. The van der Waals surface area contributed by atoms with Crippen LogP contribution < -0.4 is 11.3 Å². The van der Waals surface area contributed by atoms with E-state index >= 15 is 0 Å². The second-order valence-electron chi connectivity index (χ2n) is 4.42. The van der Waals surface area contributed by atoms with Crippen LogP contribution in [0.4, 0.5) is 5.82 Å². The third-order valence-corrected chi connectivity index (χ3v) is 4.41. The van der Waals surface area contributed by atoms with Crippen LogP contribution in [0.5, 0.6) is 0 Å². The highest BCUT2D eigenvalue weighted by atomic mass is 35.5. The summed E-state index contributed by atoms with van der Waals surface area (Å²) in [4.78, 5) is 9.44. The summed E-state index contributed by atoms with van der Waals surface area (Å²) >= 11 is 13.5. The number of hydrazine groups is 1. The Bertz CT molecular complexity index is 619. The van der Waals surface area contributed by atoms with Crippen molar-refractivity contribution in [2.24, 2.45) is 5.84 Å². The number of aromatic nitrogens is 2. The molecule has 0 spiro atoms. The average molecular weight is 329 g/mol. The molecule has 0 unspecified atom stereocenters. The Morgan fingerprint density at radius 2 is 1.95 bits per heavy atom. The van der Waals surface area contributed by atoms with Crippen LogP contribution in [0.15, 0.2) is 34.4 Å². The van der Waals surface area contributed by atoms with Gasteiger partial charge in [0.05, 0.1) is 10.0 Å². The van der Waals surface area contributed by atoms with Crippen molar-refractivity contribution in [2.45, 2.75) is 29.7 Å². The Hall–Kier alpha value is -1.01. The molecule has 4 nitrogen and oxygen atoms in total. The highest BCUT2D eigenvalue weighted by molar-refractivity contribution is 7.99. The Labute approximate surface area is 132 Å². The third kappa shape index (κ3) is 3.35. The predicted octanol–water partition coefficient (Wildman–Crippen LogP) is 4.34. The topological polar surface area (TPSA) is 63.8 Å². The molecule has 0 amide bonds. The van der Waals surface area contributed by atoms with E-state index in [0.717, 1.165) is 15.5 Å². The van der Waals surface area contributed by atoms with Gasteiger partial charge in [-0.15, -0.1) is 0 Å². The number of nitrogens with zero attached hydrogens (tertiary/aromatic N) is 2. The molecule has 0 aliphatic carbocycles. The van der Waals surface area contributed by atoms with E-state index in [1.807, 2.05) is 12.1 Å². The molecule has 0 radical (unpaired) electrons. The molecule has 0 bridgehead atoms. The first kappa shape index (κ1) is 15.4. The number of halogens is 2. The first-order valence-corrected chi connectivity index (χ1v) is 7.54. The number of anilines is 1. The van der Waals surface area contributed by atoms with Gasteiger partial charge >= 0.3 is 0 Å². The summed E-state index contributed by atoms with van der Waals surface area (Å²) < 4.78 is 0. The molecule has 2 aromatic rings. The first-order chi connectivity index (χ1) is 9.52. The van der Waals surface area contributed by atoms with Crippen molar-refractivity contribution < 1.29 is 0 Å². The lowest BCUT2D eigenvalue weighted by Crippen LogP contribution is -2.13. The molecule has 0 saturated heterocycles. The number of hydrogen-bond donors (Lipinski definition) is 2. The number of nitrogen functional groups attached to an aromatic ring is 1. The Balaban J connectivity index is 2.40. The van der Waals surface area contributed by atoms with Gasteiger partial charge in [0.15, 0.2) is 0 Å². The third-order valence-electron chi connectivity index (χ3n) is 2.67. The predicted molar refractivity (Wildman–Crippen MR) is 84.5 cm³/mol. The van der Waals surface area contributed by atoms with E-state index in [2.05, 4.69) is 29.2 Å². The molecule has 0 atom stereocenters. The highest BCUT2D eigenvalue weighted by Gasteiger charge is 2.15. The highest BCUT2D eigenvalue weighted by Crippen LogP contribution is 2.37. The van der Waals surface area contributed by atoms with E-state index in [0.29, 0.717) is 15.9 Å². The lowest BCUT2D eigenvalue weighted by molar-refractivity contribution is 0.804. The van der Waals surface area contributed by atoms with Crippen LogP contribution in [0, 0.1) is 0 Å². The summed E-state index contributed by atoms with van der Waals surface area (Å²) in [5.41, 5.74) is 3.59.